The summed E-state index contributed by atoms with van der Waals surface area (Å²) in [6.45, 7) is 0. The molecule has 1 aromatic rings. The summed E-state index contributed by atoms with van der Waals surface area (Å²) in [6, 6.07) is 10.2. The Hall–Kier alpha value is -0.458. The average Bonchev–Trinajstić information content (AvgIpc) is 2.17. The first-order chi connectivity index (χ1) is 5.75. The Balaban J connectivity index is 2.79. The summed E-state index contributed by atoms with van der Waals surface area (Å²) in [4.78, 5) is 0. The van der Waals surface area contributed by atoms with Gasteiger partial charge in [-0.3, -0.25) is 0 Å². The van der Waals surface area contributed by atoms with Crippen LogP contribution in [0.2, 0.25) is 0 Å². The molecule has 0 heterocycles. The number of nitrogens with zero attached hydrogens (tertiary/aromatic N) is 1. The molecule has 0 amide bonds. The predicted octanol–water partition coefficient (Wildman–Crippen LogP) is 0.778. The van der Waals surface area contributed by atoms with Gasteiger partial charge in [-0.25, -0.2) is 0 Å². The standard InChI is InChI=1S/C9H12N2.Cr/c1-10-11(2)8-9-6-4-3-5-7-9;/h3-7,10H,1-2H3;. The van der Waals surface area contributed by atoms with E-state index in [0.717, 1.165) is 4.50 Å². The zero-order chi connectivity index (χ0) is 8.97. The van der Waals surface area contributed by atoms with E-state index in [-0.39, 0.29) is 0 Å². The molecule has 0 atom stereocenters. The van der Waals surface area contributed by atoms with E-state index >= 15 is 0 Å². The molecule has 0 unspecified atom stereocenters. The fourth-order valence-corrected chi connectivity index (χ4v) is 1.23. The van der Waals surface area contributed by atoms with Gasteiger partial charge in [-0.1, -0.05) is 0 Å². The van der Waals surface area contributed by atoms with E-state index in [4.69, 9.17) is 0 Å². The van der Waals surface area contributed by atoms with Crippen molar-refractivity contribution in [3.8, 4) is 0 Å². The number of hydrazine groups is 1. The van der Waals surface area contributed by atoms with Gasteiger partial charge in [-0.2, -0.15) is 0 Å². The van der Waals surface area contributed by atoms with Gasteiger partial charge in [0.1, 0.15) is 0 Å². The number of benzene rings is 1. The topological polar surface area (TPSA) is 15.3 Å². The summed E-state index contributed by atoms with van der Waals surface area (Å²) in [5.74, 6) is 0. The third-order valence-electron chi connectivity index (χ3n) is 1.66. The van der Waals surface area contributed by atoms with E-state index in [0.29, 0.717) is 0 Å². The molecule has 0 aromatic heterocycles. The first kappa shape index (κ1) is 9.63. The van der Waals surface area contributed by atoms with Crippen molar-refractivity contribution >= 4 is 4.50 Å². The fraction of sp³-hybridized carbons (Fsp3) is 0.222. The summed E-state index contributed by atoms with van der Waals surface area (Å²) in [5.41, 5.74) is 4.22. The van der Waals surface area contributed by atoms with Crippen LogP contribution in [0.25, 0.3) is 0 Å². The van der Waals surface area contributed by atoms with Crippen LogP contribution in [-0.2, 0) is 15.9 Å². The molecule has 2 nitrogen and oxygen atoms in total. The van der Waals surface area contributed by atoms with Gasteiger partial charge >= 0.3 is 80.8 Å². The molecule has 0 radical (unpaired) electrons. The molecule has 0 saturated heterocycles. The van der Waals surface area contributed by atoms with Crippen LogP contribution in [0, 0.1) is 0 Å². The Morgan fingerprint density at radius 2 is 1.92 bits per heavy atom. The SMILES string of the molecule is CNN(C)[C](=[Cr])c1ccccc1. The monoisotopic (exact) mass is 200 g/mol. The number of hydrogen-bond acceptors (Lipinski definition) is 2. The zero-order valence-electron chi connectivity index (χ0n) is 7.24. The second kappa shape index (κ2) is 4.54. The molecule has 1 aromatic carbocycles. The summed E-state index contributed by atoms with van der Waals surface area (Å²) in [6.07, 6.45) is 0. The zero-order valence-corrected chi connectivity index (χ0v) is 8.52. The first-order valence-corrected chi connectivity index (χ1v) is 4.40. The van der Waals surface area contributed by atoms with Crippen molar-refractivity contribution in [2.24, 2.45) is 0 Å². The Morgan fingerprint density at radius 3 is 2.42 bits per heavy atom. The van der Waals surface area contributed by atoms with E-state index in [1.165, 1.54) is 5.56 Å². The van der Waals surface area contributed by atoms with Gasteiger partial charge in [-0.05, 0) is 0 Å². The van der Waals surface area contributed by atoms with E-state index in [1.54, 1.807) is 0 Å². The minimum absolute atomic E-state index is 1.10. The van der Waals surface area contributed by atoms with Crippen molar-refractivity contribution in [2.45, 2.75) is 0 Å². The summed E-state index contributed by atoms with van der Waals surface area (Å²) >= 11 is 3.02. The van der Waals surface area contributed by atoms with Crippen LogP contribution in [0.4, 0.5) is 0 Å². The molecular formula is C9H12CrN2. The van der Waals surface area contributed by atoms with Crippen molar-refractivity contribution in [2.75, 3.05) is 14.1 Å². The Kier molecular flexibility index (Phi) is 3.64. The van der Waals surface area contributed by atoms with Crippen molar-refractivity contribution in [1.82, 2.24) is 10.4 Å². The van der Waals surface area contributed by atoms with Gasteiger partial charge in [0.2, 0.25) is 0 Å². The van der Waals surface area contributed by atoms with Gasteiger partial charge < -0.3 is 0 Å². The van der Waals surface area contributed by atoms with Gasteiger partial charge in [0, 0.05) is 0 Å². The van der Waals surface area contributed by atoms with Crippen LogP contribution >= 0.6 is 0 Å². The third-order valence-corrected chi connectivity index (χ3v) is 2.46. The van der Waals surface area contributed by atoms with Gasteiger partial charge in [0.15, 0.2) is 0 Å². The molecule has 12 heavy (non-hydrogen) atoms. The molecule has 3 heteroatoms. The molecule has 0 fully saturated rings. The summed E-state index contributed by atoms with van der Waals surface area (Å²) in [5, 5.41) is 1.94. The summed E-state index contributed by atoms with van der Waals surface area (Å²) in [7, 11) is 3.86. The second-order valence-electron chi connectivity index (χ2n) is 2.45. The molecule has 0 saturated carbocycles. The number of nitrogens with one attached hydrogen (secondary N) is 1. The molecule has 0 bridgehead atoms. The molecule has 0 aliphatic carbocycles. The van der Waals surface area contributed by atoms with Crippen LogP contribution in [0.3, 0.4) is 0 Å². The van der Waals surface area contributed by atoms with Crippen molar-refractivity contribution in [3.63, 3.8) is 0 Å². The quantitative estimate of drug-likeness (QED) is 0.725. The van der Waals surface area contributed by atoms with Crippen LogP contribution in [0.1, 0.15) is 5.56 Å². The average molecular weight is 200 g/mol. The van der Waals surface area contributed by atoms with Crippen LogP contribution in [0.15, 0.2) is 30.3 Å². The molecule has 64 valence electrons. The predicted molar refractivity (Wildman–Crippen MR) is 47.4 cm³/mol. The molecular weight excluding hydrogens is 188 g/mol. The van der Waals surface area contributed by atoms with Crippen LogP contribution < -0.4 is 5.43 Å². The van der Waals surface area contributed by atoms with Gasteiger partial charge in [0.25, 0.3) is 0 Å². The number of hydrogen-bond donors (Lipinski definition) is 1. The van der Waals surface area contributed by atoms with E-state index in [2.05, 4.69) is 33.4 Å². The second-order valence-corrected chi connectivity index (χ2v) is 3.06. The van der Waals surface area contributed by atoms with E-state index in [1.807, 2.05) is 37.3 Å². The third kappa shape index (κ3) is 2.26. The Bertz CT molecular complexity index is 258. The van der Waals surface area contributed by atoms with Crippen LogP contribution in [-0.4, -0.2) is 23.6 Å². The fourth-order valence-electron chi connectivity index (χ4n) is 0.876. The Labute approximate surface area is 81.1 Å². The maximum absolute atomic E-state index is 3.03. The molecule has 1 N–H and O–H groups in total. The summed E-state index contributed by atoms with van der Waals surface area (Å²) < 4.78 is 1.10. The minimum atomic E-state index is 1.10. The maximum atomic E-state index is 3.03. The molecule has 0 spiro atoms. The van der Waals surface area contributed by atoms with Crippen molar-refractivity contribution in [1.29, 1.82) is 0 Å². The van der Waals surface area contributed by atoms with Crippen LogP contribution in [0.5, 0.6) is 0 Å². The number of rotatable bonds is 3. The molecule has 0 aliphatic heterocycles. The van der Waals surface area contributed by atoms with Gasteiger partial charge in [-0.15, -0.1) is 0 Å². The van der Waals surface area contributed by atoms with Crippen molar-refractivity contribution in [3.05, 3.63) is 35.9 Å². The van der Waals surface area contributed by atoms with Gasteiger partial charge in [0.05, 0.1) is 0 Å². The first-order valence-electron chi connectivity index (χ1n) is 3.76. The van der Waals surface area contributed by atoms with Crippen molar-refractivity contribution < 1.29 is 15.9 Å². The Morgan fingerprint density at radius 1 is 1.33 bits per heavy atom. The van der Waals surface area contributed by atoms with E-state index in [9.17, 15) is 0 Å². The van der Waals surface area contributed by atoms with E-state index < -0.39 is 0 Å². The molecule has 0 aliphatic rings. The normalized spacial score (nSPS) is 10.2. The molecule has 1 rings (SSSR count).